The van der Waals surface area contributed by atoms with Gasteiger partial charge in [-0.2, -0.15) is 0 Å². The Morgan fingerprint density at radius 1 is 0.962 bits per heavy atom. The number of aromatic nitrogens is 2. The highest BCUT2D eigenvalue weighted by atomic mass is 16.5. The van der Waals surface area contributed by atoms with Crippen LogP contribution in [0.15, 0.2) is 71.7 Å². The zero-order valence-corrected chi connectivity index (χ0v) is 14.6. The van der Waals surface area contributed by atoms with E-state index in [4.69, 9.17) is 4.74 Å². The second-order valence-electron chi connectivity index (χ2n) is 6.79. The highest BCUT2D eigenvalue weighted by molar-refractivity contribution is 5.26. The average Bonchev–Trinajstić information content (AvgIpc) is 3.18. The SMILES string of the molecule is O=c1[nH]c([C@@H]2CCC[C@@H]2c2ccccc2)ncc1OCc1ccccc1. The Morgan fingerprint density at radius 2 is 1.65 bits per heavy atom. The van der Waals surface area contributed by atoms with Gasteiger partial charge in [-0.25, -0.2) is 4.98 Å². The van der Waals surface area contributed by atoms with Gasteiger partial charge in [0, 0.05) is 5.92 Å². The molecular weight excluding hydrogens is 324 g/mol. The number of nitrogens with one attached hydrogen (secondary N) is 1. The first-order valence-corrected chi connectivity index (χ1v) is 9.12. The summed E-state index contributed by atoms with van der Waals surface area (Å²) in [7, 11) is 0. The Kier molecular flexibility index (Phi) is 4.82. The molecule has 132 valence electrons. The van der Waals surface area contributed by atoms with Crippen molar-refractivity contribution < 1.29 is 4.74 Å². The highest BCUT2D eigenvalue weighted by Gasteiger charge is 2.31. The van der Waals surface area contributed by atoms with E-state index in [1.807, 2.05) is 36.4 Å². The van der Waals surface area contributed by atoms with Crippen LogP contribution in [0.1, 0.15) is 48.0 Å². The van der Waals surface area contributed by atoms with Crippen molar-refractivity contribution in [1.82, 2.24) is 9.97 Å². The number of aromatic amines is 1. The van der Waals surface area contributed by atoms with E-state index in [0.29, 0.717) is 12.5 Å². The number of hydrogen-bond acceptors (Lipinski definition) is 3. The maximum Gasteiger partial charge on any atom is 0.293 e. The standard InChI is InChI=1S/C22H22N2O2/c25-22-20(26-15-16-8-3-1-4-9-16)14-23-21(24-22)19-13-7-12-18(19)17-10-5-2-6-11-17/h1-6,8-11,14,18-19H,7,12-13,15H2,(H,23,24,25)/t18-,19-/m1/s1. The Hall–Kier alpha value is -2.88. The van der Waals surface area contributed by atoms with E-state index in [1.54, 1.807) is 6.20 Å². The lowest BCUT2D eigenvalue weighted by molar-refractivity contribution is 0.299. The molecule has 1 aromatic heterocycles. The van der Waals surface area contributed by atoms with Crippen LogP contribution < -0.4 is 10.3 Å². The van der Waals surface area contributed by atoms with Gasteiger partial charge < -0.3 is 9.72 Å². The summed E-state index contributed by atoms with van der Waals surface area (Å²) in [6, 6.07) is 20.3. The lowest BCUT2D eigenvalue weighted by atomic mass is 9.88. The molecule has 4 heteroatoms. The number of H-pyrrole nitrogens is 1. The topological polar surface area (TPSA) is 55.0 Å². The van der Waals surface area contributed by atoms with Gasteiger partial charge in [0.15, 0.2) is 0 Å². The monoisotopic (exact) mass is 346 g/mol. The molecule has 1 saturated carbocycles. The molecule has 26 heavy (non-hydrogen) atoms. The maximum atomic E-state index is 12.4. The largest absolute Gasteiger partial charge is 0.482 e. The van der Waals surface area contributed by atoms with Crippen molar-refractivity contribution in [2.45, 2.75) is 37.7 Å². The molecule has 0 aliphatic heterocycles. The third-order valence-corrected chi connectivity index (χ3v) is 5.12. The summed E-state index contributed by atoms with van der Waals surface area (Å²) >= 11 is 0. The van der Waals surface area contributed by atoms with Crippen LogP contribution in [0, 0.1) is 0 Å². The first-order chi connectivity index (χ1) is 12.8. The summed E-state index contributed by atoms with van der Waals surface area (Å²) in [5.41, 5.74) is 2.14. The number of ether oxygens (including phenoxy) is 1. The maximum absolute atomic E-state index is 12.4. The third kappa shape index (κ3) is 3.54. The fraction of sp³-hybridized carbons (Fsp3) is 0.273. The predicted octanol–water partition coefficient (Wildman–Crippen LogP) is 4.40. The fourth-order valence-corrected chi connectivity index (χ4v) is 3.81. The smallest absolute Gasteiger partial charge is 0.293 e. The molecule has 0 unspecified atom stereocenters. The molecule has 2 aromatic carbocycles. The van der Waals surface area contributed by atoms with Gasteiger partial charge in [0.1, 0.15) is 12.4 Å². The predicted molar refractivity (Wildman–Crippen MR) is 101 cm³/mol. The van der Waals surface area contributed by atoms with E-state index in [9.17, 15) is 4.79 Å². The zero-order chi connectivity index (χ0) is 17.8. The van der Waals surface area contributed by atoms with Gasteiger partial charge >= 0.3 is 0 Å². The molecule has 1 N–H and O–H groups in total. The van der Waals surface area contributed by atoms with Crippen LogP contribution in [0.25, 0.3) is 0 Å². The first-order valence-electron chi connectivity index (χ1n) is 9.12. The Labute approximate surface area is 152 Å². The van der Waals surface area contributed by atoms with Crippen LogP contribution >= 0.6 is 0 Å². The lowest BCUT2D eigenvalue weighted by Crippen LogP contribution is -2.18. The summed E-state index contributed by atoms with van der Waals surface area (Å²) in [6.07, 6.45) is 4.90. The van der Waals surface area contributed by atoms with Gasteiger partial charge in [-0.3, -0.25) is 4.79 Å². The van der Waals surface area contributed by atoms with Gasteiger partial charge in [0.05, 0.1) is 6.20 Å². The van der Waals surface area contributed by atoms with E-state index >= 15 is 0 Å². The molecule has 0 amide bonds. The number of hydrogen-bond donors (Lipinski definition) is 1. The minimum absolute atomic E-state index is 0.204. The van der Waals surface area contributed by atoms with Gasteiger partial charge in [0.2, 0.25) is 5.75 Å². The molecule has 1 aliphatic carbocycles. The van der Waals surface area contributed by atoms with E-state index in [2.05, 4.69) is 34.2 Å². The van der Waals surface area contributed by atoms with Crippen LogP contribution in [0.2, 0.25) is 0 Å². The molecule has 3 aromatic rings. The molecule has 4 nitrogen and oxygen atoms in total. The molecular formula is C22H22N2O2. The summed E-state index contributed by atoms with van der Waals surface area (Å²) in [5.74, 6) is 1.71. The van der Waals surface area contributed by atoms with Crippen LogP contribution in [0.3, 0.4) is 0 Å². The molecule has 0 spiro atoms. The van der Waals surface area contributed by atoms with Crippen molar-refractivity contribution in [1.29, 1.82) is 0 Å². The molecule has 1 heterocycles. The van der Waals surface area contributed by atoms with Gasteiger partial charge in [-0.15, -0.1) is 0 Å². The molecule has 1 aliphatic rings. The van der Waals surface area contributed by atoms with E-state index in [-0.39, 0.29) is 17.2 Å². The second-order valence-corrected chi connectivity index (χ2v) is 6.79. The Bertz CT molecular complexity index is 906. The quantitative estimate of drug-likeness (QED) is 0.745. The fourth-order valence-electron chi connectivity index (χ4n) is 3.81. The van der Waals surface area contributed by atoms with Crippen molar-refractivity contribution in [3.63, 3.8) is 0 Å². The molecule has 2 atom stereocenters. The minimum Gasteiger partial charge on any atom is -0.482 e. The summed E-state index contributed by atoms with van der Waals surface area (Å²) in [5, 5.41) is 0. The average molecular weight is 346 g/mol. The van der Waals surface area contributed by atoms with Crippen LogP contribution in [-0.4, -0.2) is 9.97 Å². The second kappa shape index (κ2) is 7.56. The number of benzene rings is 2. The summed E-state index contributed by atoms with van der Waals surface area (Å²) in [6.45, 7) is 0.362. The summed E-state index contributed by atoms with van der Waals surface area (Å²) in [4.78, 5) is 19.9. The van der Waals surface area contributed by atoms with Crippen molar-refractivity contribution in [2.75, 3.05) is 0 Å². The van der Waals surface area contributed by atoms with Gasteiger partial charge in [-0.1, -0.05) is 67.1 Å². The molecule has 0 radical (unpaired) electrons. The lowest BCUT2D eigenvalue weighted by Gasteiger charge is -2.19. The van der Waals surface area contributed by atoms with Gasteiger partial charge in [-0.05, 0) is 29.9 Å². The number of rotatable bonds is 5. The van der Waals surface area contributed by atoms with E-state index in [1.165, 1.54) is 5.56 Å². The van der Waals surface area contributed by atoms with E-state index < -0.39 is 0 Å². The Balaban J connectivity index is 1.51. The van der Waals surface area contributed by atoms with E-state index in [0.717, 1.165) is 30.7 Å². The van der Waals surface area contributed by atoms with Crippen molar-refractivity contribution >= 4 is 0 Å². The zero-order valence-electron chi connectivity index (χ0n) is 14.6. The van der Waals surface area contributed by atoms with Crippen molar-refractivity contribution in [3.05, 3.63) is 94.2 Å². The Morgan fingerprint density at radius 3 is 2.38 bits per heavy atom. The minimum atomic E-state index is -0.204. The van der Waals surface area contributed by atoms with Crippen molar-refractivity contribution in [3.8, 4) is 5.75 Å². The van der Waals surface area contributed by atoms with Crippen LogP contribution in [0.5, 0.6) is 5.75 Å². The third-order valence-electron chi connectivity index (χ3n) is 5.12. The van der Waals surface area contributed by atoms with Gasteiger partial charge in [0.25, 0.3) is 5.56 Å². The molecule has 0 bridgehead atoms. The first kappa shape index (κ1) is 16.6. The number of nitrogens with zero attached hydrogens (tertiary/aromatic N) is 1. The molecule has 0 saturated heterocycles. The van der Waals surface area contributed by atoms with Crippen LogP contribution in [0.4, 0.5) is 0 Å². The molecule has 1 fully saturated rings. The normalized spacial score (nSPS) is 19.4. The summed E-state index contributed by atoms with van der Waals surface area (Å²) < 4.78 is 5.65. The highest BCUT2D eigenvalue weighted by Crippen LogP contribution is 2.44. The molecule has 4 rings (SSSR count). The van der Waals surface area contributed by atoms with Crippen LogP contribution in [-0.2, 0) is 6.61 Å². The van der Waals surface area contributed by atoms with Crippen molar-refractivity contribution in [2.24, 2.45) is 0 Å².